The number of benzene rings is 1. The molecule has 2 aromatic rings. The number of aromatic amines is 1. The molecule has 0 saturated heterocycles. The zero-order valence-electron chi connectivity index (χ0n) is 14.3. The zero-order valence-corrected chi connectivity index (χ0v) is 14.3. The minimum absolute atomic E-state index is 0.0943. The molecule has 0 unspecified atom stereocenters. The second-order valence-corrected chi connectivity index (χ2v) is 6.30. The molecule has 0 radical (unpaired) electrons. The van der Waals surface area contributed by atoms with E-state index < -0.39 is 28.3 Å². The normalized spacial score (nSPS) is 19.2. The number of H-pyrrole nitrogens is 1. The molecule has 0 saturated carbocycles. The standard InChI is InChI=1S/C16H18N4O6/c1-7(2)19-14-12(15(22)18-19)11(13(20(24)25)16(23)17-14)8-4-5-9(21)10(6-8)26-3/h4-7,11,13,21H,1-3H3,(H,17,23)(H,18,22)/t11-,13-/m1/s1. The third kappa shape index (κ3) is 2.59. The van der Waals surface area contributed by atoms with Crippen LogP contribution in [-0.4, -0.2) is 38.9 Å². The van der Waals surface area contributed by atoms with Crippen molar-refractivity contribution in [3.8, 4) is 11.5 Å². The summed E-state index contributed by atoms with van der Waals surface area (Å²) in [5, 5.41) is 26.4. The van der Waals surface area contributed by atoms with Crippen LogP contribution in [0.5, 0.6) is 11.5 Å². The SMILES string of the molecule is COc1cc([C@@H]2c3c(n(C(C)C)[nH]c3=O)NC(=O)[C@@H]2[N+](=O)[O-])ccc1O. The van der Waals surface area contributed by atoms with Crippen molar-refractivity contribution >= 4 is 11.7 Å². The Balaban J connectivity index is 2.29. The minimum Gasteiger partial charge on any atom is -0.504 e. The third-order valence-corrected chi connectivity index (χ3v) is 4.41. The number of amides is 1. The average molecular weight is 362 g/mol. The van der Waals surface area contributed by atoms with Gasteiger partial charge < -0.3 is 15.2 Å². The lowest BCUT2D eigenvalue weighted by Crippen LogP contribution is -2.45. The monoisotopic (exact) mass is 362 g/mol. The Morgan fingerprint density at radius 3 is 2.62 bits per heavy atom. The van der Waals surface area contributed by atoms with Crippen LogP contribution in [0.2, 0.25) is 0 Å². The molecule has 138 valence electrons. The Morgan fingerprint density at radius 1 is 1.35 bits per heavy atom. The quantitative estimate of drug-likeness (QED) is 0.551. The first-order valence-corrected chi connectivity index (χ1v) is 7.92. The number of hydrogen-bond donors (Lipinski definition) is 3. The number of phenolic OH excluding ortho intramolecular Hbond substituents is 1. The fraction of sp³-hybridized carbons (Fsp3) is 0.375. The maximum absolute atomic E-state index is 12.5. The highest BCUT2D eigenvalue weighted by Gasteiger charge is 2.48. The number of aromatic nitrogens is 2. The number of phenols is 1. The predicted octanol–water partition coefficient (Wildman–Crippen LogP) is 1.20. The summed E-state index contributed by atoms with van der Waals surface area (Å²) in [6.45, 7) is 3.61. The number of aromatic hydroxyl groups is 1. The number of nitro groups is 1. The number of carbonyl (C=O) groups excluding carboxylic acids is 1. The third-order valence-electron chi connectivity index (χ3n) is 4.41. The molecule has 0 aliphatic carbocycles. The van der Waals surface area contributed by atoms with Crippen molar-refractivity contribution in [1.82, 2.24) is 9.78 Å². The lowest BCUT2D eigenvalue weighted by molar-refractivity contribution is -0.509. The summed E-state index contributed by atoms with van der Waals surface area (Å²) in [5.74, 6) is -1.77. The summed E-state index contributed by atoms with van der Waals surface area (Å²) in [4.78, 5) is 35.8. The molecule has 1 aromatic heterocycles. The molecule has 0 bridgehead atoms. The van der Waals surface area contributed by atoms with E-state index >= 15 is 0 Å². The topological polar surface area (TPSA) is 139 Å². The lowest BCUT2D eigenvalue weighted by atomic mass is 9.83. The number of ether oxygens (including phenoxy) is 1. The van der Waals surface area contributed by atoms with Crippen molar-refractivity contribution < 1.29 is 19.6 Å². The average Bonchev–Trinajstić information content (AvgIpc) is 2.90. The number of nitrogens with one attached hydrogen (secondary N) is 2. The number of rotatable bonds is 4. The smallest absolute Gasteiger partial charge is 0.301 e. The first kappa shape index (κ1) is 17.5. The van der Waals surface area contributed by atoms with Crippen LogP contribution in [0.15, 0.2) is 23.0 Å². The fourth-order valence-corrected chi connectivity index (χ4v) is 3.22. The van der Waals surface area contributed by atoms with E-state index in [0.717, 1.165) is 0 Å². The Labute approximate surface area is 147 Å². The number of fused-ring (bicyclic) bond motifs is 1. The first-order chi connectivity index (χ1) is 12.3. The van der Waals surface area contributed by atoms with Gasteiger partial charge in [0.25, 0.3) is 5.56 Å². The molecule has 1 aliphatic heterocycles. The zero-order chi connectivity index (χ0) is 19.2. The van der Waals surface area contributed by atoms with E-state index in [1.807, 2.05) is 0 Å². The minimum atomic E-state index is -1.68. The highest BCUT2D eigenvalue weighted by Crippen LogP contribution is 2.40. The van der Waals surface area contributed by atoms with E-state index in [4.69, 9.17) is 4.74 Å². The van der Waals surface area contributed by atoms with Crippen LogP contribution in [0, 0.1) is 10.1 Å². The molecule has 1 aliphatic rings. The summed E-state index contributed by atoms with van der Waals surface area (Å²) in [5.41, 5.74) is -0.0882. The highest BCUT2D eigenvalue weighted by molar-refractivity contribution is 5.98. The van der Waals surface area contributed by atoms with Gasteiger partial charge in [-0.25, -0.2) is 0 Å². The van der Waals surface area contributed by atoms with Gasteiger partial charge in [-0.05, 0) is 31.5 Å². The van der Waals surface area contributed by atoms with Gasteiger partial charge in [0.05, 0.1) is 18.6 Å². The predicted molar refractivity (Wildman–Crippen MR) is 91.4 cm³/mol. The Bertz CT molecular complexity index is 945. The van der Waals surface area contributed by atoms with Crippen molar-refractivity contribution in [2.45, 2.75) is 31.8 Å². The molecule has 2 atom stereocenters. The molecule has 26 heavy (non-hydrogen) atoms. The molecule has 0 fully saturated rings. The lowest BCUT2D eigenvalue weighted by Gasteiger charge is -2.26. The van der Waals surface area contributed by atoms with Crippen molar-refractivity contribution in [3.63, 3.8) is 0 Å². The molecular formula is C16H18N4O6. The van der Waals surface area contributed by atoms with Crippen molar-refractivity contribution in [3.05, 3.63) is 49.8 Å². The van der Waals surface area contributed by atoms with Crippen LogP contribution in [0.3, 0.4) is 0 Å². The highest BCUT2D eigenvalue weighted by atomic mass is 16.6. The van der Waals surface area contributed by atoms with Gasteiger partial charge in [0.1, 0.15) is 5.82 Å². The van der Waals surface area contributed by atoms with Gasteiger partial charge in [-0.15, -0.1) is 0 Å². The van der Waals surface area contributed by atoms with Gasteiger partial charge in [-0.2, -0.15) is 0 Å². The summed E-state index contributed by atoms with van der Waals surface area (Å²) < 4.78 is 6.52. The van der Waals surface area contributed by atoms with E-state index in [-0.39, 0.29) is 28.9 Å². The second kappa shape index (κ2) is 6.21. The van der Waals surface area contributed by atoms with Gasteiger partial charge in [0, 0.05) is 11.0 Å². The summed E-state index contributed by atoms with van der Waals surface area (Å²) in [6, 6.07) is 2.29. The first-order valence-electron chi connectivity index (χ1n) is 7.92. The molecule has 1 amide bonds. The van der Waals surface area contributed by atoms with E-state index in [9.17, 15) is 24.8 Å². The van der Waals surface area contributed by atoms with E-state index in [1.54, 1.807) is 13.8 Å². The van der Waals surface area contributed by atoms with E-state index in [1.165, 1.54) is 30.0 Å². The summed E-state index contributed by atoms with van der Waals surface area (Å²) in [7, 11) is 1.34. The molecule has 3 rings (SSSR count). The van der Waals surface area contributed by atoms with Gasteiger partial charge >= 0.3 is 11.9 Å². The van der Waals surface area contributed by atoms with Crippen molar-refractivity contribution in [2.24, 2.45) is 0 Å². The van der Waals surface area contributed by atoms with Gasteiger partial charge in [0.15, 0.2) is 11.5 Å². The Hall–Kier alpha value is -3.30. The maximum Gasteiger partial charge on any atom is 0.301 e. The molecule has 1 aromatic carbocycles. The van der Waals surface area contributed by atoms with E-state index in [2.05, 4.69) is 10.4 Å². The molecule has 2 heterocycles. The molecule has 0 spiro atoms. The summed E-state index contributed by atoms with van der Waals surface area (Å²) in [6.07, 6.45) is 0. The van der Waals surface area contributed by atoms with Crippen LogP contribution < -0.4 is 15.6 Å². The Morgan fingerprint density at radius 2 is 2.04 bits per heavy atom. The van der Waals surface area contributed by atoms with Crippen molar-refractivity contribution in [2.75, 3.05) is 12.4 Å². The van der Waals surface area contributed by atoms with Crippen LogP contribution in [0.25, 0.3) is 0 Å². The summed E-state index contributed by atoms with van der Waals surface area (Å²) >= 11 is 0. The van der Waals surface area contributed by atoms with Gasteiger partial charge in [-0.1, -0.05) is 6.07 Å². The van der Waals surface area contributed by atoms with Gasteiger partial charge in [-0.3, -0.25) is 29.5 Å². The number of carbonyl (C=O) groups is 1. The fourth-order valence-electron chi connectivity index (χ4n) is 3.22. The van der Waals surface area contributed by atoms with Crippen LogP contribution in [0.4, 0.5) is 5.82 Å². The second-order valence-electron chi connectivity index (χ2n) is 6.30. The number of methoxy groups -OCH3 is 1. The van der Waals surface area contributed by atoms with E-state index in [0.29, 0.717) is 5.56 Å². The molecule has 10 nitrogen and oxygen atoms in total. The number of nitrogens with zero attached hydrogens (tertiary/aromatic N) is 2. The largest absolute Gasteiger partial charge is 0.504 e. The maximum atomic E-state index is 12.5. The van der Waals surface area contributed by atoms with Gasteiger partial charge in [0.2, 0.25) is 0 Å². The molecule has 3 N–H and O–H groups in total. The van der Waals surface area contributed by atoms with Crippen molar-refractivity contribution in [1.29, 1.82) is 0 Å². The number of hydrogen-bond acceptors (Lipinski definition) is 6. The van der Waals surface area contributed by atoms with Crippen LogP contribution >= 0.6 is 0 Å². The molecular weight excluding hydrogens is 344 g/mol. The molecule has 10 heteroatoms. The van der Waals surface area contributed by atoms with Crippen LogP contribution in [-0.2, 0) is 4.79 Å². The van der Waals surface area contributed by atoms with Crippen LogP contribution in [0.1, 0.15) is 36.9 Å². The number of anilines is 1. The Kier molecular flexibility index (Phi) is 4.18.